The Bertz CT molecular complexity index is 689. The first-order chi connectivity index (χ1) is 8.84. The highest BCUT2D eigenvalue weighted by Gasteiger charge is 2.34. The molecule has 0 aromatic carbocycles. The van der Waals surface area contributed by atoms with Gasteiger partial charge in [0.25, 0.3) is 15.6 Å². The van der Waals surface area contributed by atoms with E-state index in [-0.39, 0.29) is 16.6 Å². The minimum absolute atomic E-state index is 0.0755. The maximum absolute atomic E-state index is 12.5. The fourth-order valence-corrected chi connectivity index (χ4v) is 4.35. The molecule has 0 amide bonds. The quantitative estimate of drug-likeness (QED) is 0.795. The van der Waals surface area contributed by atoms with Crippen molar-refractivity contribution in [3.63, 3.8) is 0 Å². The van der Waals surface area contributed by atoms with E-state index in [9.17, 15) is 18.0 Å². The molecule has 1 fully saturated rings. The molecule has 0 bridgehead atoms. The highest BCUT2D eigenvalue weighted by atomic mass is 32.2. The fourth-order valence-electron chi connectivity index (χ4n) is 2.45. The Labute approximate surface area is 110 Å². The molecule has 2 rings (SSSR count). The van der Waals surface area contributed by atoms with Crippen LogP contribution >= 0.6 is 0 Å². The molecule has 1 saturated heterocycles. The van der Waals surface area contributed by atoms with Crippen LogP contribution in [0.2, 0.25) is 0 Å². The Balaban J connectivity index is 2.57. The van der Waals surface area contributed by atoms with Crippen molar-refractivity contribution in [1.29, 1.82) is 0 Å². The average Bonchev–Trinajstić information content (AvgIpc) is 2.27. The lowest BCUT2D eigenvalue weighted by molar-refractivity contribution is 0.268. The molecule has 1 atom stereocenters. The van der Waals surface area contributed by atoms with Crippen molar-refractivity contribution in [3.05, 3.63) is 26.5 Å². The molecule has 106 valence electrons. The second-order valence-electron chi connectivity index (χ2n) is 4.82. The summed E-state index contributed by atoms with van der Waals surface area (Å²) in [6.07, 6.45) is 2.54. The van der Waals surface area contributed by atoms with E-state index in [1.165, 1.54) is 11.2 Å². The molecule has 0 spiro atoms. The maximum atomic E-state index is 12.5. The molecule has 1 aromatic rings. The van der Waals surface area contributed by atoms with E-state index in [1.54, 1.807) is 0 Å². The number of piperidine rings is 1. The van der Waals surface area contributed by atoms with E-state index in [2.05, 4.69) is 4.98 Å². The second-order valence-corrected chi connectivity index (χ2v) is 6.65. The zero-order valence-corrected chi connectivity index (χ0v) is 11.7. The molecule has 1 aliphatic heterocycles. The summed E-state index contributed by atoms with van der Waals surface area (Å²) in [5.74, 6) is 0. The van der Waals surface area contributed by atoms with Crippen molar-refractivity contribution in [2.75, 3.05) is 6.54 Å². The number of H-pyrrole nitrogens is 2. The first-order valence-corrected chi connectivity index (χ1v) is 7.63. The molecular formula is C11H17N3O4S. The topological polar surface area (TPSA) is 103 Å². The molecule has 1 aliphatic rings. The number of nitrogens with zero attached hydrogens (tertiary/aromatic N) is 1. The van der Waals surface area contributed by atoms with Gasteiger partial charge in [0.15, 0.2) is 4.90 Å². The third-order valence-corrected chi connectivity index (χ3v) is 5.55. The van der Waals surface area contributed by atoms with Gasteiger partial charge in [-0.15, -0.1) is 0 Å². The number of sulfonamides is 1. The van der Waals surface area contributed by atoms with Crippen LogP contribution in [-0.2, 0) is 10.0 Å². The van der Waals surface area contributed by atoms with Crippen LogP contribution in [-0.4, -0.2) is 35.3 Å². The van der Waals surface area contributed by atoms with Crippen LogP contribution in [0.4, 0.5) is 0 Å². The lowest BCUT2D eigenvalue weighted by Gasteiger charge is -2.32. The van der Waals surface area contributed by atoms with Crippen LogP contribution in [0.1, 0.15) is 31.9 Å². The molecular weight excluding hydrogens is 270 g/mol. The molecule has 2 heterocycles. The van der Waals surface area contributed by atoms with E-state index in [4.69, 9.17) is 0 Å². The summed E-state index contributed by atoms with van der Waals surface area (Å²) in [7, 11) is -3.87. The molecule has 8 heteroatoms. The Hall–Kier alpha value is -1.41. The highest BCUT2D eigenvalue weighted by molar-refractivity contribution is 7.89. The predicted octanol–water partition coefficient (Wildman–Crippen LogP) is -0.0653. The van der Waals surface area contributed by atoms with E-state index >= 15 is 0 Å². The van der Waals surface area contributed by atoms with Crippen LogP contribution in [0.5, 0.6) is 0 Å². The SMILES string of the molecule is Cc1[nH]c(=O)[nH]c(=O)c1S(=O)(=O)N1CCCCC1C. The van der Waals surface area contributed by atoms with Gasteiger partial charge in [-0.1, -0.05) is 6.42 Å². The molecule has 7 nitrogen and oxygen atoms in total. The van der Waals surface area contributed by atoms with Crippen molar-refractivity contribution in [2.24, 2.45) is 0 Å². The number of aromatic nitrogens is 2. The summed E-state index contributed by atoms with van der Waals surface area (Å²) in [4.78, 5) is 26.8. The normalized spacial score (nSPS) is 21.5. The van der Waals surface area contributed by atoms with Gasteiger partial charge in [-0.25, -0.2) is 13.2 Å². The molecule has 1 aromatic heterocycles. The Kier molecular flexibility index (Phi) is 3.64. The minimum Gasteiger partial charge on any atom is -0.310 e. The maximum Gasteiger partial charge on any atom is 0.325 e. The van der Waals surface area contributed by atoms with E-state index < -0.39 is 21.3 Å². The molecule has 1 unspecified atom stereocenters. The number of hydrogen-bond acceptors (Lipinski definition) is 4. The van der Waals surface area contributed by atoms with Crippen molar-refractivity contribution in [1.82, 2.24) is 14.3 Å². The van der Waals surface area contributed by atoms with Crippen LogP contribution < -0.4 is 11.2 Å². The van der Waals surface area contributed by atoms with Gasteiger partial charge in [-0.05, 0) is 26.7 Å². The predicted molar refractivity (Wildman–Crippen MR) is 69.6 cm³/mol. The van der Waals surface area contributed by atoms with E-state index in [0.717, 1.165) is 19.3 Å². The molecule has 0 saturated carbocycles. The largest absolute Gasteiger partial charge is 0.325 e. The van der Waals surface area contributed by atoms with Gasteiger partial charge in [-0.3, -0.25) is 9.78 Å². The van der Waals surface area contributed by atoms with Gasteiger partial charge in [-0.2, -0.15) is 4.31 Å². The minimum atomic E-state index is -3.87. The summed E-state index contributed by atoms with van der Waals surface area (Å²) in [5, 5.41) is 0. The molecule has 19 heavy (non-hydrogen) atoms. The summed E-state index contributed by atoms with van der Waals surface area (Å²) >= 11 is 0. The Morgan fingerprint density at radius 2 is 1.89 bits per heavy atom. The van der Waals surface area contributed by atoms with Crippen molar-refractivity contribution in [2.45, 2.75) is 44.0 Å². The third kappa shape index (κ3) is 2.50. The zero-order chi connectivity index (χ0) is 14.2. The summed E-state index contributed by atoms with van der Waals surface area (Å²) in [6, 6.07) is -0.135. The average molecular weight is 287 g/mol. The van der Waals surface area contributed by atoms with Gasteiger partial charge in [0.1, 0.15) is 0 Å². The summed E-state index contributed by atoms with van der Waals surface area (Å²) in [6.45, 7) is 3.64. The molecule has 0 aliphatic carbocycles. The van der Waals surface area contributed by atoms with Crippen molar-refractivity contribution in [3.8, 4) is 0 Å². The van der Waals surface area contributed by atoms with E-state index in [1.807, 2.05) is 11.9 Å². The van der Waals surface area contributed by atoms with Crippen molar-refractivity contribution < 1.29 is 8.42 Å². The second kappa shape index (κ2) is 4.93. The number of aryl methyl sites for hydroxylation is 1. The highest BCUT2D eigenvalue weighted by Crippen LogP contribution is 2.23. The molecule has 2 N–H and O–H groups in total. The lowest BCUT2D eigenvalue weighted by Crippen LogP contribution is -2.44. The third-order valence-electron chi connectivity index (χ3n) is 3.38. The standard InChI is InChI=1S/C11H17N3O4S/c1-7-5-3-4-6-14(7)19(17,18)9-8(2)12-11(16)13-10(9)15/h7H,3-6H2,1-2H3,(H2,12,13,15,16). The molecule has 0 radical (unpaired) electrons. The first kappa shape index (κ1) is 14.0. The van der Waals surface area contributed by atoms with E-state index in [0.29, 0.717) is 6.54 Å². The zero-order valence-electron chi connectivity index (χ0n) is 10.9. The first-order valence-electron chi connectivity index (χ1n) is 6.19. The van der Waals surface area contributed by atoms with Gasteiger partial charge in [0, 0.05) is 18.3 Å². The number of nitrogens with one attached hydrogen (secondary N) is 2. The number of rotatable bonds is 2. The van der Waals surface area contributed by atoms with Crippen LogP contribution in [0.25, 0.3) is 0 Å². The Morgan fingerprint density at radius 1 is 1.21 bits per heavy atom. The lowest BCUT2D eigenvalue weighted by atomic mass is 10.1. The van der Waals surface area contributed by atoms with Gasteiger partial charge in [0.05, 0.1) is 0 Å². The summed E-state index contributed by atoms with van der Waals surface area (Å²) in [5.41, 5.74) is -1.49. The van der Waals surface area contributed by atoms with Crippen LogP contribution in [0.15, 0.2) is 14.5 Å². The van der Waals surface area contributed by atoms with Gasteiger partial charge >= 0.3 is 5.69 Å². The van der Waals surface area contributed by atoms with Gasteiger partial charge < -0.3 is 4.98 Å². The smallest absolute Gasteiger partial charge is 0.310 e. The fraction of sp³-hybridized carbons (Fsp3) is 0.636. The monoisotopic (exact) mass is 287 g/mol. The van der Waals surface area contributed by atoms with Crippen LogP contribution in [0.3, 0.4) is 0 Å². The Morgan fingerprint density at radius 3 is 2.47 bits per heavy atom. The van der Waals surface area contributed by atoms with Crippen molar-refractivity contribution >= 4 is 10.0 Å². The number of aromatic amines is 2. The number of hydrogen-bond donors (Lipinski definition) is 2. The summed E-state index contributed by atoms with van der Waals surface area (Å²) < 4.78 is 26.4. The van der Waals surface area contributed by atoms with Crippen LogP contribution in [0, 0.1) is 6.92 Å². The van der Waals surface area contributed by atoms with Gasteiger partial charge in [0.2, 0.25) is 0 Å².